The summed E-state index contributed by atoms with van der Waals surface area (Å²) < 4.78 is 8.34. The van der Waals surface area contributed by atoms with Crippen LogP contribution in [0.25, 0.3) is 0 Å². The van der Waals surface area contributed by atoms with Crippen molar-refractivity contribution >= 4 is 6.34 Å². The third kappa shape index (κ3) is 6.08. The van der Waals surface area contributed by atoms with Crippen LogP contribution in [-0.2, 0) is 0 Å². The van der Waals surface area contributed by atoms with Gasteiger partial charge in [-0.2, -0.15) is 0 Å². The van der Waals surface area contributed by atoms with E-state index in [9.17, 15) is 0 Å². The molecule has 1 aliphatic rings. The molecule has 1 aromatic rings. The van der Waals surface area contributed by atoms with Gasteiger partial charge in [-0.25, -0.2) is 0 Å². The van der Waals surface area contributed by atoms with Crippen molar-refractivity contribution in [3.8, 4) is 5.75 Å². The summed E-state index contributed by atoms with van der Waals surface area (Å²) in [6.45, 7) is 9.66. The van der Waals surface area contributed by atoms with E-state index < -0.39 is 0 Å². The number of rotatable bonds is 9. The van der Waals surface area contributed by atoms with Crippen LogP contribution < -0.4 is 4.74 Å². The molecule has 2 rings (SSSR count). The fourth-order valence-corrected chi connectivity index (χ4v) is 2.89. The number of hydrogen-bond acceptors (Lipinski definition) is 2. The van der Waals surface area contributed by atoms with Crippen molar-refractivity contribution in [1.82, 2.24) is 4.90 Å². The van der Waals surface area contributed by atoms with Crippen LogP contribution in [0.3, 0.4) is 0 Å². The molecule has 1 heterocycles. The Morgan fingerprint density at radius 1 is 1.23 bits per heavy atom. The average Bonchev–Trinajstić information content (AvgIpc) is 2.52. The summed E-state index contributed by atoms with van der Waals surface area (Å²) in [5.74, 6) is 0.980. The van der Waals surface area contributed by atoms with Crippen LogP contribution >= 0.6 is 0 Å². The van der Waals surface area contributed by atoms with E-state index in [1.165, 1.54) is 50.8 Å². The number of aryl methyl sites for hydroxylation is 1. The van der Waals surface area contributed by atoms with E-state index >= 15 is 0 Å². The highest BCUT2D eigenvalue weighted by molar-refractivity contribution is 5.49. The largest absolute Gasteiger partial charge is 0.490 e. The Balaban J connectivity index is 1.70. The Hall–Kier alpha value is -1.51. The van der Waals surface area contributed by atoms with Crippen LogP contribution in [0.2, 0.25) is 0 Å². The fourth-order valence-electron chi connectivity index (χ4n) is 2.89. The Labute approximate surface area is 135 Å². The van der Waals surface area contributed by atoms with Crippen LogP contribution in [0, 0.1) is 6.92 Å². The van der Waals surface area contributed by atoms with Crippen LogP contribution in [0.15, 0.2) is 24.3 Å². The Kier molecular flexibility index (Phi) is 7.27. The summed E-state index contributed by atoms with van der Waals surface area (Å²) in [7, 11) is 0. The SMILES string of the molecule is CCCCCC[N+]1=CN(CCOc2cccc(C)c2)CCC1. The van der Waals surface area contributed by atoms with Crippen molar-refractivity contribution in [2.75, 3.05) is 32.8 Å². The standard InChI is InChI=1S/C19H31N2O/c1-3-4-5-6-11-20-12-8-13-21(17-20)14-15-22-19-10-7-9-18(2)16-19/h7,9-10,16-17H,3-6,8,11-15H2,1-2H3/q+1. The predicted octanol–water partition coefficient (Wildman–Crippen LogP) is 3.70. The van der Waals surface area contributed by atoms with Gasteiger partial charge in [0.15, 0.2) is 0 Å². The van der Waals surface area contributed by atoms with Crippen LogP contribution in [0.5, 0.6) is 5.75 Å². The third-order valence-electron chi connectivity index (χ3n) is 4.15. The van der Waals surface area contributed by atoms with Gasteiger partial charge < -0.3 is 4.74 Å². The second kappa shape index (κ2) is 9.50. The first-order valence-electron chi connectivity index (χ1n) is 8.80. The monoisotopic (exact) mass is 303 g/mol. The highest BCUT2D eigenvalue weighted by Crippen LogP contribution is 2.12. The molecule has 22 heavy (non-hydrogen) atoms. The van der Waals surface area contributed by atoms with Gasteiger partial charge in [-0.05, 0) is 37.5 Å². The highest BCUT2D eigenvalue weighted by atomic mass is 16.5. The molecule has 0 amide bonds. The summed E-state index contributed by atoms with van der Waals surface area (Å²) in [6, 6.07) is 8.28. The minimum absolute atomic E-state index is 0.754. The molecule has 0 aliphatic carbocycles. The molecule has 0 unspecified atom stereocenters. The molecule has 3 heteroatoms. The molecule has 0 fully saturated rings. The summed E-state index contributed by atoms with van der Waals surface area (Å²) in [6.07, 6.45) is 8.92. The molecule has 0 N–H and O–H groups in total. The van der Waals surface area contributed by atoms with Crippen molar-refractivity contribution in [2.24, 2.45) is 0 Å². The molecule has 0 bridgehead atoms. The third-order valence-corrected chi connectivity index (χ3v) is 4.15. The molecule has 0 saturated carbocycles. The number of unbranched alkanes of at least 4 members (excludes halogenated alkanes) is 3. The number of benzene rings is 1. The number of hydrogen-bond donors (Lipinski definition) is 0. The molecule has 0 saturated heterocycles. The molecule has 0 atom stereocenters. The van der Waals surface area contributed by atoms with Gasteiger partial charge in [-0.3, -0.25) is 9.48 Å². The van der Waals surface area contributed by atoms with E-state index in [4.69, 9.17) is 4.74 Å². The van der Waals surface area contributed by atoms with Gasteiger partial charge in [0.1, 0.15) is 18.9 Å². The summed E-state index contributed by atoms with van der Waals surface area (Å²) >= 11 is 0. The van der Waals surface area contributed by atoms with Crippen molar-refractivity contribution in [1.29, 1.82) is 0 Å². The van der Waals surface area contributed by atoms with Crippen LogP contribution in [0.4, 0.5) is 0 Å². The zero-order valence-electron chi connectivity index (χ0n) is 14.3. The lowest BCUT2D eigenvalue weighted by molar-refractivity contribution is -0.533. The first-order valence-corrected chi connectivity index (χ1v) is 8.80. The molecule has 3 nitrogen and oxygen atoms in total. The number of ether oxygens (including phenoxy) is 1. The summed E-state index contributed by atoms with van der Waals surface area (Å²) in [5, 5.41) is 0. The van der Waals surface area contributed by atoms with E-state index in [1.54, 1.807) is 0 Å². The Bertz CT molecular complexity index is 470. The maximum absolute atomic E-state index is 5.86. The molecule has 0 spiro atoms. The van der Waals surface area contributed by atoms with E-state index in [-0.39, 0.29) is 0 Å². The van der Waals surface area contributed by atoms with E-state index in [1.807, 2.05) is 6.07 Å². The zero-order valence-corrected chi connectivity index (χ0v) is 14.3. The molecular formula is C19H31N2O+. The molecule has 0 aromatic heterocycles. The first kappa shape index (κ1) is 16.9. The highest BCUT2D eigenvalue weighted by Gasteiger charge is 2.15. The normalized spacial score (nSPS) is 14.8. The van der Waals surface area contributed by atoms with E-state index in [0.717, 1.165) is 25.4 Å². The van der Waals surface area contributed by atoms with Gasteiger partial charge in [-0.1, -0.05) is 31.9 Å². The van der Waals surface area contributed by atoms with Crippen molar-refractivity contribution in [2.45, 2.75) is 46.0 Å². The van der Waals surface area contributed by atoms with Crippen LogP contribution in [0.1, 0.15) is 44.6 Å². The average molecular weight is 303 g/mol. The van der Waals surface area contributed by atoms with Gasteiger partial charge in [-0.15, -0.1) is 0 Å². The molecule has 0 radical (unpaired) electrons. The second-order valence-corrected chi connectivity index (χ2v) is 6.27. The van der Waals surface area contributed by atoms with Gasteiger partial charge in [0.25, 0.3) is 0 Å². The van der Waals surface area contributed by atoms with Crippen molar-refractivity contribution < 1.29 is 9.31 Å². The maximum atomic E-state index is 5.86. The van der Waals surface area contributed by atoms with Gasteiger partial charge in [0.05, 0.1) is 19.6 Å². The van der Waals surface area contributed by atoms with Crippen LogP contribution in [-0.4, -0.2) is 48.6 Å². The minimum atomic E-state index is 0.754. The fraction of sp³-hybridized carbons (Fsp3) is 0.632. The van der Waals surface area contributed by atoms with Gasteiger partial charge in [0, 0.05) is 6.42 Å². The van der Waals surface area contributed by atoms with Gasteiger partial charge in [0.2, 0.25) is 6.34 Å². The van der Waals surface area contributed by atoms with Crippen molar-refractivity contribution in [3.63, 3.8) is 0 Å². The lowest BCUT2D eigenvalue weighted by atomic mass is 10.2. The minimum Gasteiger partial charge on any atom is -0.490 e. The number of nitrogens with zero attached hydrogens (tertiary/aromatic N) is 2. The second-order valence-electron chi connectivity index (χ2n) is 6.27. The smallest absolute Gasteiger partial charge is 0.234 e. The molecule has 122 valence electrons. The Morgan fingerprint density at radius 2 is 2.14 bits per heavy atom. The molecular weight excluding hydrogens is 272 g/mol. The Morgan fingerprint density at radius 3 is 2.95 bits per heavy atom. The lowest BCUT2D eigenvalue weighted by Crippen LogP contribution is -2.38. The predicted molar refractivity (Wildman–Crippen MR) is 93.1 cm³/mol. The quantitative estimate of drug-likeness (QED) is 0.510. The maximum Gasteiger partial charge on any atom is 0.234 e. The topological polar surface area (TPSA) is 15.5 Å². The molecule has 1 aromatic carbocycles. The summed E-state index contributed by atoms with van der Waals surface area (Å²) in [5.41, 5.74) is 1.25. The van der Waals surface area contributed by atoms with E-state index in [0.29, 0.717) is 0 Å². The van der Waals surface area contributed by atoms with Crippen molar-refractivity contribution in [3.05, 3.63) is 29.8 Å². The van der Waals surface area contributed by atoms with E-state index in [2.05, 4.69) is 47.9 Å². The zero-order chi connectivity index (χ0) is 15.6. The summed E-state index contributed by atoms with van der Waals surface area (Å²) in [4.78, 5) is 2.40. The first-order chi connectivity index (χ1) is 10.8. The lowest BCUT2D eigenvalue weighted by Gasteiger charge is -2.21. The van der Waals surface area contributed by atoms with Gasteiger partial charge >= 0.3 is 0 Å². The molecule has 1 aliphatic heterocycles.